The number of nitrogens with zero attached hydrogens (tertiary/aromatic N) is 1. The van der Waals surface area contributed by atoms with Crippen molar-refractivity contribution in [2.24, 2.45) is 5.92 Å². The average molecular weight is 283 g/mol. The summed E-state index contributed by atoms with van der Waals surface area (Å²) >= 11 is 0. The Morgan fingerprint density at radius 2 is 2.11 bits per heavy atom. The molecule has 0 unspecified atom stereocenters. The van der Waals surface area contributed by atoms with Crippen LogP contribution in [-0.2, 0) is 16.4 Å². The first kappa shape index (κ1) is 14.3. The van der Waals surface area contributed by atoms with Crippen molar-refractivity contribution in [1.82, 2.24) is 4.31 Å². The van der Waals surface area contributed by atoms with Crippen LogP contribution >= 0.6 is 0 Å². The third-order valence-electron chi connectivity index (χ3n) is 3.65. The molecule has 19 heavy (non-hydrogen) atoms. The minimum Gasteiger partial charge on any atom is -0.496 e. The summed E-state index contributed by atoms with van der Waals surface area (Å²) in [5, 5.41) is 0. The molecular weight excluding hydrogens is 262 g/mol. The van der Waals surface area contributed by atoms with E-state index in [4.69, 9.17) is 4.74 Å². The third-order valence-corrected chi connectivity index (χ3v) is 4.92. The minimum absolute atomic E-state index is 0.375. The summed E-state index contributed by atoms with van der Waals surface area (Å²) in [5.41, 5.74) is 1.16. The lowest BCUT2D eigenvalue weighted by atomic mass is 9.92. The summed E-state index contributed by atoms with van der Waals surface area (Å²) in [6, 6.07) is 7.95. The summed E-state index contributed by atoms with van der Waals surface area (Å²) in [6.07, 6.45) is 4.17. The van der Waals surface area contributed by atoms with E-state index in [9.17, 15) is 8.42 Å². The van der Waals surface area contributed by atoms with Crippen LogP contribution in [0.15, 0.2) is 24.3 Å². The van der Waals surface area contributed by atoms with Gasteiger partial charge in [-0.2, -0.15) is 0 Å². The van der Waals surface area contributed by atoms with E-state index in [1.54, 1.807) is 11.4 Å². The molecule has 4 nitrogen and oxygen atoms in total. The Labute approximate surface area is 115 Å². The SMILES string of the molecule is COc1ccccc1C[C@@H]1CCCN(S(C)(=O)=O)C1. The van der Waals surface area contributed by atoms with Gasteiger partial charge in [-0.3, -0.25) is 0 Å². The van der Waals surface area contributed by atoms with E-state index in [0.717, 1.165) is 30.6 Å². The van der Waals surface area contributed by atoms with E-state index in [0.29, 0.717) is 19.0 Å². The molecule has 0 saturated carbocycles. The number of rotatable bonds is 4. The van der Waals surface area contributed by atoms with Crippen LogP contribution in [0.25, 0.3) is 0 Å². The highest BCUT2D eigenvalue weighted by molar-refractivity contribution is 7.88. The summed E-state index contributed by atoms with van der Waals surface area (Å²) in [4.78, 5) is 0. The fraction of sp³-hybridized carbons (Fsp3) is 0.571. The molecule has 106 valence electrons. The van der Waals surface area contributed by atoms with E-state index in [-0.39, 0.29) is 0 Å². The maximum absolute atomic E-state index is 11.6. The lowest BCUT2D eigenvalue weighted by Gasteiger charge is -2.31. The molecule has 0 bridgehead atoms. The highest BCUT2D eigenvalue weighted by Gasteiger charge is 2.26. The van der Waals surface area contributed by atoms with Gasteiger partial charge in [0.1, 0.15) is 5.75 Å². The molecule has 1 aromatic carbocycles. The van der Waals surface area contributed by atoms with Crippen LogP contribution in [0.5, 0.6) is 5.75 Å². The minimum atomic E-state index is -3.06. The molecule has 0 amide bonds. The Morgan fingerprint density at radius 3 is 2.79 bits per heavy atom. The maximum Gasteiger partial charge on any atom is 0.211 e. The molecule has 0 aromatic heterocycles. The number of methoxy groups -OCH3 is 1. The highest BCUT2D eigenvalue weighted by Crippen LogP contribution is 2.26. The van der Waals surface area contributed by atoms with Gasteiger partial charge >= 0.3 is 0 Å². The van der Waals surface area contributed by atoms with Crippen molar-refractivity contribution in [3.8, 4) is 5.75 Å². The molecule has 1 aromatic rings. The second kappa shape index (κ2) is 5.92. The van der Waals surface area contributed by atoms with Crippen molar-refractivity contribution < 1.29 is 13.2 Å². The van der Waals surface area contributed by atoms with Crippen LogP contribution in [0.3, 0.4) is 0 Å². The van der Waals surface area contributed by atoms with Gasteiger partial charge in [0.15, 0.2) is 0 Å². The van der Waals surface area contributed by atoms with Gasteiger partial charge in [-0.25, -0.2) is 12.7 Å². The lowest BCUT2D eigenvalue weighted by Crippen LogP contribution is -2.39. The van der Waals surface area contributed by atoms with Crippen LogP contribution in [0, 0.1) is 5.92 Å². The van der Waals surface area contributed by atoms with Gasteiger partial charge in [-0.15, -0.1) is 0 Å². The molecule has 5 heteroatoms. The zero-order chi connectivity index (χ0) is 13.9. The number of hydrogen-bond acceptors (Lipinski definition) is 3. The summed E-state index contributed by atoms with van der Waals surface area (Å²) < 4.78 is 30.2. The van der Waals surface area contributed by atoms with Gasteiger partial charge < -0.3 is 4.74 Å². The van der Waals surface area contributed by atoms with Crippen molar-refractivity contribution in [3.05, 3.63) is 29.8 Å². The van der Waals surface area contributed by atoms with Crippen LogP contribution in [0.2, 0.25) is 0 Å². The fourth-order valence-electron chi connectivity index (χ4n) is 2.68. The standard InChI is InChI=1S/C14H21NO3S/c1-18-14-8-4-3-7-13(14)10-12-6-5-9-15(11-12)19(2,16)17/h3-4,7-8,12H,5-6,9-11H2,1-2H3/t12-/m0/s1. The van der Waals surface area contributed by atoms with Crippen molar-refractivity contribution in [2.75, 3.05) is 26.5 Å². The largest absolute Gasteiger partial charge is 0.496 e. The summed E-state index contributed by atoms with van der Waals surface area (Å²) in [5.74, 6) is 1.26. The molecule has 0 radical (unpaired) electrons. The van der Waals surface area contributed by atoms with Crippen molar-refractivity contribution in [1.29, 1.82) is 0 Å². The normalized spacial score (nSPS) is 21.3. The second-order valence-corrected chi connectivity index (χ2v) is 7.13. The third kappa shape index (κ3) is 3.70. The Bertz CT molecular complexity index is 527. The zero-order valence-corrected chi connectivity index (χ0v) is 12.3. The molecule has 1 aliphatic rings. The predicted molar refractivity (Wildman–Crippen MR) is 75.8 cm³/mol. The number of piperidine rings is 1. The Kier molecular flexibility index (Phi) is 4.47. The summed E-state index contributed by atoms with van der Waals surface area (Å²) in [6.45, 7) is 1.28. The molecule has 1 atom stereocenters. The van der Waals surface area contributed by atoms with Gasteiger partial charge in [-0.05, 0) is 36.8 Å². The molecule has 1 fully saturated rings. The van der Waals surface area contributed by atoms with Crippen LogP contribution in [0.1, 0.15) is 18.4 Å². The van der Waals surface area contributed by atoms with Crippen LogP contribution in [-0.4, -0.2) is 39.2 Å². The average Bonchev–Trinajstić information content (AvgIpc) is 2.39. The number of benzene rings is 1. The zero-order valence-electron chi connectivity index (χ0n) is 11.5. The quantitative estimate of drug-likeness (QED) is 0.848. The first-order chi connectivity index (χ1) is 9.00. The van der Waals surface area contributed by atoms with Gasteiger partial charge in [-0.1, -0.05) is 18.2 Å². The van der Waals surface area contributed by atoms with Gasteiger partial charge in [0, 0.05) is 13.1 Å². The van der Waals surface area contributed by atoms with E-state index in [1.807, 2.05) is 18.2 Å². The van der Waals surface area contributed by atoms with Crippen LogP contribution < -0.4 is 4.74 Å². The maximum atomic E-state index is 11.6. The smallest absolute Gasteiger partial charge is 0.211 e. The Balaban J connectivity index is 2.07. The lowest BCUT2D eigenvalue weighted by molar-refractivity contribution is 0.265. The molecule has 1 saturated heterocycles. The van der Waals surface area contributed by atoms with Crippen molar-refractivity contribution in [3.63, 3.8) is 0 Å². The second-order valence-electron chi connectivity index (χ2n) is 5.15. The monoisotopic (exact) mass is 283 g/mol. The van der Waals surface area contributed by atoms with E-state index >= 15 is 0 Å². The molecule has 1 heterocycles. The Hall–Kier alpha value is -1.07. The first-order valence-electron chi connectivity index (χ1n) is 6.57. The first-order valence-corrected chi connectivity index (χ1v) is 8.42. The van der Waals surface area contributed by atoms with Crippen LogP contribution in [0.4, 0.5) is 0 Å². The molecule has 1 aliphatic heterocycles. The van der Waals surface area contributed by atoms with E-state index < -0.39 is 10.0 Å². The summed E-state index contributed by atoms with van der Waals surface area (Å²) in [7, 11) is -1.40. The number of ether oxygens (including phenoxy) is 1. The molecule has 0 N–H and O–H groups in total. The number of sulfonamides is 1. The number of para-hydroxylation sites is 1. The van der Waals surface area contributed by atoms with Gasteiger partial charge in [0.25, 0.3) is 0 Å². The van der Waals surface area contributed by atoms with Crippen molar-refractivity contribution >= 4 is 10.0 Å². The highest BCUT2D eigenvalue weighted by atomic mass is 32.2. The number of hydrogen-bond donors (Lipinski definition) is 0. The molecule has 0 aliphatic carbocycles. The Morgan fingerprint density at radius 1 is 1.37 bits per heavy atom. The molecular formula is C14H21NO3S. The topological polar surface area (TPSA) is 46.6 Å². The van der Waals surface area contributed by atoms with Gasteiger partial charge in [0.2, 0.25) is 10.0 Å². The van der Waals surface area contributed by atoms with Crippen molar-refractivity contribution in [2.45, 2.75) is 19.3 Å². The van der Waals surface area contributed by atoms with E-state index in [2.05, 4.69) is 6.07 Å². The fourth-order valence-corrected chi connectivity index (χ4v) is 3.62. The molecule has 2 rings (SSSR count). The van der Waals surface area contributed by atoms with E-state index in [1.165, 1.54) is 6.26 Å². The van der Waals surface area contributed by atoms with Gasteiger partial charge in [0.05, 0.1) is 13.4 Å². The predicted octanol–water partition coefficient (Wildman–Crippen LogP) is 1.91. The molecule has 0 spiro atoms.